The van der Waals surface area contributed by atoms with Gasteiger partial charge in [0.05, 0.1) is 16.6 Å². The summed E-state index contributed by atoms with van der Waals surface area (Å²) in [6.45, 7) is 6.73. The van der Waals surface area contributed by atoms with Crippen LogP contribution in [0.1, 0.15) is 62.8 Å². The number of fused-ring (bicyclic) bond motifs is 1. The lowest BCUT2D eigenvalue weighted by Crippen LogP contribution is -2.32. The lowest BCUT2D eigenvalue weighted by Gasteiger charge is -2.23. The minimum atomic E-state index is -0.944. The van der Waals surface area contributed by atoms with Crippen LogP contribution < -0.4 is 0 Å². The SMILES string of the molecule is CCCc1nc2c(C)cc(C(=O)N(S)C(C)Cc3cccs3)cc2n1Cc1ccc(-c2ccccc2C(=O)O)cc1. The maximum absolute atomic E-state index is 13.5. The normalized spacial score (nSPS) is 12.0. The average Bonchev–Trinajstić information content (AvgIpc) is 3.61. The second-order valence-electron chi connectivity index (χ2n) is 10.4. The Labute approximate surface area is 249 Å². The minimum Gasteiger partial charge on any atom is -0.478 e. The number of rotatable bonds is 10. The van der Waals surface area contributed by atoms with Gasteiger partial charge in [-0.1, -0.05) is 68.3 Å². The van der Waals surface area contributed by atoms with Crippen molar-refractivity contribution >= 4 is 47.1 Å². The second-order valence-corrected chi connectivity index (χ2v) is 11.8. The number of aromatic carboxylic acids is 1. The van der Waals surface area contributed by atoms with E-state index in [2.05, 4.69) is 30.4 Å². The molecule has 0 bridgehead atoms. The first kappa shape index (κ1) is 28.6. The summed E-state index contributed by atoms with van der Waals surface area (Å²) in [6.07, 6.45) is 2.52. The van der Waals surface area contributed by atoms with E-state index >= 15 is 0 Å². The van der Waals surface area contributed by atoms with Gasteiger partial charge in [0.15, 0.2) is 0 Å². The Morgan fingerprint density at radius 3 is 2.51 bits per heavy atom. The zero-order valence-electron chi connectivity index (χ0n) is 23.4. The number of carboxylic acids is 1. The van der Waals surface area contributed by atoms with Crippen LogP contribution in [0, 0.1) is 6.92 Å². The number of carboxylic acid groups (broad SMARTS) is 1. The number of imidazole rings is 1. The maximum Gasteiger partial charge on any atom is 0.336 e. The Kier molecular flexibility index (Phi) is 8.61. The largest absolute Gasteiger partial charge is 0.478 e. The van der Waals surface area contributed by atoms with Crippen LogP contribution in [0.2, 0.25) is 0 Å². The minimum absolute atomic E-state index is 0.0641. The van der Waals surface area contributed by atoms with Crippen molar-refractivity contribution in [2.24, 2.45) is 0 Å². The van der Waals surface area contributed by atoms with Crippen molar-refractivity contribution in [3.8, 4) is 11.1 Å². The molecule has 0 aliphatic rings. The lowest BCUT2D eigenvalue weighted by atomic mass is 9.98. The Morgan fingerprint density at radius 1 is 1.07 bits per heavy atom. The number of benzene rings is 3. The van der Waals surface area contributed by atoms with E-state index in [1.54, 1.807) is 23.5 Å². The van der Waals surface area contributed by atoms with Crippen molar-refractivity contribution in [2.45, 2.75) is 52.6 Å². The van der Waals surface area contributed by atoms with E-state index in [1.165, 1.54) is 9.18 Å². The fourth-order valence-electron chi connectivity index (χ4n) is 5.19. The number of hydrogen-bond donors (Lipinski definition) is 2. The molecule has 0 saturated carbocycles. The third kappa shape index (κ3) is 6.09. The number of aryl methyl sites for hydroxylation is 2. The van der Waals surface area contributed by atoms with Crippen LogP contribution >= 0.6 is 24.2 Å². The summed E-state index contributed by atoms with van der Waals surface area (Å²) in [5.41, 5.74) is 6.25. The molecule has 5 rings (SSSR count). The Balaban J connectivity index is 1.46. The molecule has 210 valence electrons. The molecule has 0 saturated heterocycles. The molecule has 1 atom stereocenters. The van der Waals surface area contributed by atoms with Crippen molar-refractivity contribution in [2.75, 3.05) is 0 Å². The second kappa shape index (κ2) is 12.3. The predicted octanol–water partition coefficient (Wildman–Crippen LogP) is 7.69. The van der Waals surface area contributed by atoms with Crippen LogP contribution in [-0.2, 0) is 19.4 Å². The molecule has 8 heteroatoms. The topological polar surface area (TPSA) is 75.4 Å². The summed E-state index contributed by atoms with van der Waals surface area (Å²) in [5.74, 6) is -0.0990. The monoisotopic (exact) mass is 583 g/mol. The molecule has 1 amide bonds. The molecular formula is C33H33N3O3S2. The summed E-state index contributed by atoms with van der Waals surface area (Å²) in [4.78, 5) is 31.4. The smallest absolute Gasteiger partial charge is 0.336 e. The molecule has 0 radical (unpaired) electrons. The average molecular weight is 584 g/mol. The number of thiophene rings is 1. The summed E-state index contributed by atoms with van der Waals surface area (Å²) in [7, 11) is 0. The molecule has 0 fully saturated rings. The molecule has 0 aliphatic heterocycles. The zero-order valence-corrected chi connectivity index (χ0v) is 25.1. The molecular weight excluding hydrogens is 551 g/mol. The lowest BCUT2D eigenvalue weighted by molar-refractivity contribution is 0.0697. The first-order valence-corrected chi connectivity index (χ1v) is 15.0. The fourth-order valence-corrected chi connectivity index (χ4v) is 6.21. The van der Waals surface area contributed by atoms with E-state index in [0.29, 0.717) is 17.7 Å². The molecule has 1 N–H and O–H groups in total. The van der Waals surface area contributed by atoms with Crippen molar-refractivity contribution < 1.29 is 14.7 Å². The summed E-state index contributed by atoms with van der Waals surface area (Å²) < 4.78 is 3.72. The number of nitrogens with zero attached hydrogens (tertiary/aromatic N) is 3. The van der Waals surface area contributed by atoms with Gasteiger partial charge >= 0.3 is 5.97 Å². The van der Waals surface area contributed by atoms with Gasteiger partial charge in [0.2, 0.25) is 0 Å². The number of hydrogen-bond acceptors (Lipinski definition) is 5. The van der Waals surface area contributed by atoms with Crippen molar-refractivity contribution in [1.82, 2.24) is 13.9 Å². The van der Waals surface area contributed by atoms with Gasteiger partial charge in [-0.15, -0.1) is 11.3 Å². The third-order valence-electron chi connectivity index (χ3n) is 7.31. The van der Waals surface area contributed by atoms with Crippen LogP contribution in [0.15, 0.2) is 78.2 Å². The molecule has 41 heavy (non-hydrogen) atoms. The quantitative estimate of drug-likeness (QED) is 0.165. The van der Waals surface area contributed by atoms with Gasteiger partial charge in [0.25, 0.3) is 5.91 Å². The van der Waals surface area contributed by atoms with Gasteiger partial charge in [-0.05, 0) is 72.2 Å². The molecule has 3 aromatic carbocycles. The Hall–Kier alpha value is -3.88. The van der Waals surface area contributed by atoms with Crippen molar-refractivity contribution in [3.63, 3.8) is 0 Å². The summed E-state index contributed by atoms with van der Waals surface area (Å²) >= 11 is 6.29. The first-order chi connectivity index (χ1) is 19.8. The molecule has 6 nitrogen and oxygen atoms in total. The molecule has 5 aromatic rings. The standard InChI is InChI=1S/C33H33N3O3S2/c1-4-8-30-34-31-21(2)17-25(32(37)36(40)22(3)18-26-9-7-16-41-26)19-29(31)35(30)20-23-12-14-24(15-13-23)27-10-5-6-11-28(27)33(38)39/h5-7,9-17,19,22,40H,4,8,18,20H2,1-3H3,(H,38,39). The van der Waals surface area contributed by atoms with E-state index in [0.717, 1.165) is 52.8 Å². The van der Waals surface area contributed by atoms with Crippen LogP contribution in [0.4, 0.5) is 0 Å². The number of aromatic nitrogens is 2. The molecule has 0 spiro atoms. The van der Waals surface area contributed by atoms with Gasteiger partial charge in [-0.25, -0.2) is 9.78 Å². The van der Waals surface area contributed by atoms with Gasteiger partial charge in [-0.3, -0.25) is 9.10 Å². The molecule has 2 aromatic heterocycles. The van der Waals surface area contributed by atoms with Crippen molar-refractivity contribution in [3.05, 3.63) is 111 Å². The van der Waals surface area contributed by atoms with Gasteiger partial charge in [-0.2, -0.15) is 0 Å². The maximum atomic E-state index is 13.5. The van der Waals surface area contributed by atoms with E-state index in [-0.39, 0.29) is 17.5 Å². The van der Waals surface area contributed by atoms with Gasteiger partial charge in [0.1, 0.15) is 5.82 Å². The third-order valence-corrected chi connectivity index (χ3v) is 8.78. The number of carbonyl (C=O) groups is 2. The van der Waals surface area contributed by atoms with Crippen LogP contribution in [0.25, 0.3) is 22.2 Å². The zero-order chi connectivity index (χ0) is 29.1. The Morgan fingerprint density at radius 2 is 1.83 bits per heavy atom. The highest BCUT2D eigenvalue weighted by atomic mass is 32.1. The Bertz CT molecular complexity index is 1690. The number of carbonyl (C=O) groups excluding carboxylic acids is 1. The highest BCUT2D eigenvalue weighted by Crippen LogP contribution is 2.28. The van der Waals surface area contributed by atoms with Crippen LogP contribution in [0.3, 0.4) is 0 Å². The summed E-state index contributed by atoms with van der Waals surface area (Å²) in [6, 6.07) is 22.9. The van der Waals surface area contributed by atoms with Crippen LogP contribution in [0.5, 0.6) is 0 Å². The predicted molar refractivity (Wildman–Crippen MR) is 169 cm³/mol. The van der Waals surface area contributed by atoms with E-state index < -0.39 is 5.97 Å². The van der Waals surface area contributed by atoms with Crippen LogP contribution in [-0.4, -0.2) is 36.9 Å². The highest BCUT2D eigenvalue weighted by Gasteiger charge is 2.22. The molecule has 1 unspecified atom stereocenters. The van der Waals surface area contributed by atoms with Gasteiger partial charge in [0, 0.05) is 35.9 Å². The van der Waals surface area contributed by atoms with E-state index in [1.807, 2.05) is 73.8 Å². The van der Waals surface area contributed by atoms with Gasteiger partial charge < -0.3 is 9.67 Å². The first-order valence-electron chi connectivity index (χ1n) is 13.7. The number of amides is 1. The molecule has 0 aliphatic carbocycles. The summed E-state index contributed by atoms with van der Waals surface area (Å²) in [5, 5.41) is 11.6. The van der Waals surface area contributed by atoms with E-state index in [9.17, 15) is 14.7 Å². The highest BCUT2D eigenvalue weighted by molar-refractivity contribution is 7.78. The van der Waals surface area contributed by atoms with E-state index in [4.69, 9.17) is 4.98 Å². The fraction of sp³-hybridized carbons (Fsp3) is 0.242. The molecule has 2 heterocycles. The van der Waals surface area contributed by atoms with Crippen molar-refractivity contribution in [1.29, 1.82) is 0 Å². The number of thiol groups is 1.